The normalized spacial score (nSPS) is 28.2. The van der Waals surface area contributed by atoms with Gasteiger partial charge < -0.3 is 4.74 Å². The Hall–Kier alpha value is -1.12. The Balaban J connectivity index is 1.66. The van der Waals surface area contributed by atoms with Gasteiger partial charge in [0.1, 0.15) is 0 Å². The predicted molar refractivity (Wildman–Crippen MR) is 97.9 cm³/mol. The summed E-state index contributed by atoms with van der Waals surface area (Å²) in [6.07, 6.45) is 17.8. The van der Waals surface area contributed by atoms with Crippen LogP contribution in [-0.2, 0) is 0 Å². The van der Waals surface area contributed by atoms with Gasteiger partial charge in [-0.2, -0.15) is 0 Å². The van der Waals surface area contributed by atoms with Crippen molar-refractivity contribution in [2.75, 3.05) is 6.61 Å². The van der Waals surface area contributed by atoms with Crippen LogP contribution in [0.5, 0.6) is 6.01 Å². The van der Waals surface area contributed by atoms with Crippen molar-refractivity contribution in [3.8, 4) is 6.01 Å². The molecule has 1 unspecified atom stereocenters. The molecule has 2 aliphatic rings. The van der Waals surface area contributed by atoms with E-state index in [-0.39, 0.29) is 0 Å². The first-order valence-electron chi connectivity index (χ1n) is 10.1. The molecule has 3 atom stereocenters. The van der Waals surface area contributed by atoms with Gasteiger partial charge in [0, 0.05) is 12.4 Å². The van der Waals surface area contributed by atoms with Gasteiger partial charge in [-0.25, -0.2) is 9.97 Å². The van der Waals surface area contributed by atoms with Crippen LogP contribution in [0.25, 0.3) is 0 Å². The first kappa shape index (κ1) is 17.7. The lowest BCUT2D eigenvalue weighted by Gasteiger charge is -2.50. The van der Waals surface area contributed by atoms with E-state index in [0.29, 0.717) is 17.3 Å². The Morgan fingerprint density at radius 1 is 1.08 bits per heavy atom. The molecule has 2 fully saturated rings. The van der Waals surface area contributed by atoms with Crippen molar-refractivity contribution in [1.82, 2.24) is 9.97 Å². The minimum absolute atomic E-state index is 0.527. The van der Waals surface area contributed by atoms with Crippen LogP contribution in [0.4, 0.5) is 0 Å². The summed E-state index contributed by atoms with van der Waals surface area (Å²) in [5.41, 5.74) is 0.612. The molecule has 0 spiro atoms. The van der Waals surface area contributed by atoms with Gasteiger partial charge in [0.05, 0.1) is 6.61 Å². The first-order valence-corrected chi connectivity index (χ1v) is 10.1. The second kappa shape index (κ2) is 8.31. The third-order valence-electron chi connectivity index (χ3n) is 6.91. The smallest absolute Gasteiger partial charge is 0.316 e. The molecule has 3 heteroatoms. The van der Waals surface area contributed by atoms with Crippen molar-refractivity contribution in [1.29, 1.82) is 0 Å². The lowest BCUT2D eigenvalue weighted by atomic mass is 9.55. The van der Waals surface area contributed by atoms with Crippen LogP contribution in [0.3, 0.4) is 0 Å². The van der Waals surface area contributed by atoms with Crippen LogP contribution in [-0.4, -0.2) is 16.6 Å². The molecule has 1 aromatic rings. The first-order chi connectivity index (χ1) is 11.7. The molecule has 24 heavy (non-hydrogen) atoms. The van der Waals surface area contributed by atoms with E-state index >= 15 is 0 Å². The molecular weight excluding hydrogens is 296 g/mol. The predicted octanol–water partition coefficient (Wildman–Crippen LogP) is 5.66. The lowest BCUT2D eigenvalue weighted by Crippen LogP contribution is -2.42. The topological polar surface area (TPSA) is 35.0 Å². The highest BCUT2D eigenvalue weighted by atomic mass is 16.5. The van der Waals surface area contributed by atoms with Crippen molar-refractivity contribution in [2.24, 2.45) is 23.2 Å². The van der Waals surface area contributed by atoms with Gasteiger partial charge >= 0.3 is 6.01 Å². The van der Waals surface area contributed by atoms with E-state index in [9.17, 15) is 0 Å². The summed E-state index contributed by atoms with van der Waals surface area (Å²) in [5, 5.41) is 0. The van der Waals surface area contributed by atoms with Gasteiger partial charge in [0.15, 0.2) is 0 Å². The zero-order valence-corrected chi connectivity index (χ0v) is 15.5. The van der Waals surface area contributed by atoms with Gasteiger partial charge in [-0.05, 0) is 54.9 Å². The van der Waals surface area contributed by atoms with Crippen LogP contribution in [0.15, 0.2) is 18.5 Å². The van der Waals surface area contributed by atoms with Gasteiger partial charge in [-0.15, -0.1) is 0 Å². The zero-order chi connectivity index (χ0) is 16.8. The van der Waals surface area contributed by atoms with Gasteiger partial charge in [-0.3, -0.25) is 0 Å². The van der Waals surface area contributed by atoms with Crippen molar-refractivity contribution in [3.05, 3.63) is 18.5 Å². The number of hydrogen-bond acceptors (Lipinski definition) is 3. The van der Waals surface area contributed by atoms with Gasteiger partial charge in [-0.1, -0.05) is 52.4 Å². The Morgan fingerprint density at radius 2 is 1.79 bits per heavy atom. The summed E-state index contributed by atoms with van der Waals surface area (Å²) < 4.78 is 5.90. The summed E-state index contributed by atoms with van der Waals surface area (Å²) >= 11 is 0. The molecule has 3 rings (SSSR count). The standard InChI is InChI=1S/C21H34N2O/c1-3-21(12-7-4-8-13-21)19-11-6-5-10-18(19)17(2)16-24-20-22-14-9-15-23-20/h9,14-15,17-19H,3-8,10-13,16H2,1-2H3/t17?,18-,19+/m1/s1. The van der Waals surface area contributed by atoms with Crippen molar-refractivity contribution >= 4 is 0 Å². The molecule has 134 valence electrons. The maximum Gasteiger partial charge on any atom is 0.316 e. The summed E-state index contributed by atoms with van der Waals surface area (Å²) in [6, 6.07) is 2.36. The van der Waals surface area contributed by atoms with Crippen LogP contribution in [0, 0.1) is 23.2 Å². The van der Waals surface area contributed by atoms with E-state index in [1.165, 1.54) is 64.2 Å². The van der Waals surface area contributed by atoms with Crippen LogP contribution >= 0.6 is 0 Å². The Labute approximate surface area is 147 Å². The van der Waals surface area contributed by atoms with Gasteiger partial charge in [0.25, 0.3) is 0 Å². The summed E-state index contributed by atoms with van der Waals surface area (Å²) in [5.74, 6) is 2.29. The molecule has 0 bridgehead atoms. The van der Waals surface area contributed by atoms with Crippen molar-refractivity contribution in [2.45, 2.75) is 78.1 Å². The fourth-order valence-electron chi connectivity index (χ4n) is 5.53. The van der Waals surface area contributed by atoms with Crippen LogP contribution < -0.4 is 4.74 Å². The molecule has 2 aliphatic carbocycles. The minimum Gasteiger partial charge on any atom is -0.463 e. The van der Waals surface area contributed by atoms with E-state index in [0.717, 1.165) is 18.4 Å². The number of ether oxygens (including phenoxy) is 1. The fourth-order valence-corrected chi connectivity index (χ4v) is 5.53. The number of aromatic nitrogens is 2. The van der Waals surface area contributed by atoms with Crippen molar-refractivity contribution in [3.63, 3.8) is 0 Å². The molecule has 0 aromatic carbocycles. The molecular formula is C21H34N2O. The highest BCUT2D eigenvalue weighted by Gasteiger charge is 2.44. The zero-order valence-electron chi connectivity index (χ0n) is 15.5. The molecule has 1 heterocycles. The fraction of sp³-hybridized carbons (Fsp3) is 0.810. The molecule has 0 radical (unpaired) electrons. The second-order valence-electron chi connectivity index (χ2n) is 8.15. The third kappa shape index (κ3) is 3.92. The largest absolute Gasteiger partial charge is 0.463 e. The van der Waals surface area contributed by atoms with E-state index < -0.39 is 0 Å². The SMILES string of the molecule is CCC1([C@H]2CCCC[C@@H]2C(C)COc2ncccn2)CCCCC1. The third-order valence-corrected chi connectivity index (χ3v) is 6.91. The molecule has 3 nitrogen and oxygen atoms in total. The highest BCUT2D eigenvalue weighted by Crippen LogP contribution is 2.54. The Kier molecular flexibility index (Phi) is 6.13. The van der Waals surface area contributed by atoms with E-state index in [1.54, 1.807) is 12.4 Å². The molecule has 0 N–H and O–H groups in total. The number of nitrogens with zero attached hydrogens (tertiary/aromatic N) is 2. The summed E-state index contributed by atoms with van der Waals surface area (Å²) in [6.45, 7) is 5.58. The number of rotatable bonds is 6. The molecule has 0 saturated heterocycles. The Morgan fingerprint density at radius 3 is 2.50 bits per heavy atom. The Bertz CT molecular complexity index is 484. The summed E-state index contributed by atoms with van der Waals surface area (Å²) in [4.78, 5) is 8.40. The van der Waals surface area contributed by atoms with E-state index in [2.05, 4.69) is 23.8 Å². The maximum absolute atomic E-state index is 5.90. The average molecular weight is 331 g/mol. The molecule has 1 aromatic heterocycles. The number of hydrogen-bond donors (Lipinski definition) is 0. The monoisotopic (exact) mass is 330 g/mol. The minimum atomic E-state index is 0.527. The molecule has 2 saturated carbocycles. The van der Waals surface area contributed by atoms with E-state index in [4.69, 9.17) is 4.74 Å². The lowest BCUT2D eigenvalue weighted by molar-refractivity contribution is -0.00795. The molecule has 0 aliphatic heterocycles. The van der Waals surface area contributed by atoms with Crippen molar-refractivity contribution < 1.29 is 4.74 Å². The average Bonchev–Trinajstić information content (AvgIpc) is 2.67. The van der Waals surface area contributed by atoms with Crippen LogP contribution in [0.2, 0.25) is 0 Å². The van der Waals surface area contributed by atoms with Gasteiger partial charge in [0.2, 0.25) is 0 Å². The molecule has 0 amide bonds. The highest BCUT2D eigenvalue weighted by molar-refractivity contribution is 4.96. The summed E-state index contributed by atoms with van der Waals surface area (Å²) in [7, 11) is 0. The second-order valence-corrected chi connectivity index (χ2v) is 8.15. The quantitative estimate of drug-likeness (QED) is 0.675. The maximum atomic E-state index is 5.90. The van der Waals surface area contributed by atoms with E-state index in [1.807, 2.05) is 6.07 Å². The van der Waals surface area contributed by atoms with Crippen LogP contribution in [0.1, 0.15) is 78.1 Å².